The van der Waals surface area contributed by atoms with Gasteiger partial charge in [0.15, 0.2) is 0 Å². The number of nitrogens with one attached hydrogen (secondary N) is 1. The Hall–Kier alpha value is -3.15. The van der Waals surface area contributed by atoms with Gasteiger partial charge in [0.25, 0.3) is 11.8 Å². The number of aryl methyl sites for hydroxylation is 1. The summed E-state index contributed by atoms with van der Waals surface area (Å²) in [6.45, 7) is 4.30. The summed E-state index contributed by atoms with van der Waals surface area (Å²) in [5.74, 6) is -1.59. The Morgan fingerprint density at radius 1 is 1.07 bits per heavy atom. The van der Waals surface area contributed by atoms with E-state index in [0.717, 1.165) is 11.1 Å². The van der Waals surface area contributed by atoms with E-state index in [1.165, 1.54) is 6.07 Å². The minimum Gasteiger partial charge on any atom is -0.481 e. The molecule has 0 aromatic heterocycles. The fraction of sp³-hybridized carbons (Fsp3) is 0.286. The van der Waals surface area contributed by atoms with E-state index in [0.29, 0.717) is 17.7 Å². The van der Waals surface area contributed by atoms with Crippen LogP contribution in [0, 0.1) is 6.92 Å². The molecule has 2 aromatic carbocycles. The van der Waals surface area contributed by atoms with Crippen LogP contribution in [0.1, 0.15) is 51.2 Å². The Morgan fingerprint density at radius 2 is 1.74 bits per heavy atom. The van der Waals surface area contributed by atoms with Crippen molar-refractivity contribution in [1.29, 1.82) is 0 Å². The predicted octanol–water partition coefficient (Wildman–Crippen LogP) is 3.03. The third-order valence-corrected chi connectivity index (χ3v) is 4.44. The van der Waals surface area contributed by atoms with Gasteiger partial charge in [0.2, 0.25) is 0 Å². The number of hydrogen-bond acceptors (Lipinski definition) is 3. The lowest BCUT2D eigenvalue weighted by atomic mass is 9.98. The molecular weight excluding hydrogens is 344 g/mol. The average molecular weight is 368 g/mol. The molecule has 6 heteroatoms. The van der Waals surface area contributed by atoms with Gasteiger partial charge in [0, 0.05) is 24.7 Å². The van der Waals surface area contributed by atoms with Gasteiger partial charge in [-0.25, -0.2) is 0 Å². The smallest absolute Gasteiger partial charge is 0.305 e. The van der Waals surface area contributed by atoms with Crippen molar-refractivity contribution in [2.45, 2.75) is 26.3 Å². The molecule has 0 saturated carbocycles. The molecule has 2 amide bonds. The van der Waals surface area contributed by atoms with Crippen LogP contribution in [0.5, 0.6) is 0 Å². The molecule has 0 aliphatic rings. The SMILES string of the molecule is CCN(C)C(=O)c1cccc(C(=O)NC(CC(=O)O)c2ccccc2C)c1. The molecule has 142 valence electrons. The van der Waals surface area contributed by atoms with Gasteiger partial charge in [-0.2, -0.15) is 0 Å². The summed E-state index contributed by atoms with van der Waals surface area (Å²) < 4.78 is 0. The zero-order chi connectivity index (χ0) is 20.0. The number of hydrogen-bond donors (Lipinski definition) is 2. The fourth-order valence-electron chi connectivity index (χ4n) is 2.79. The molecule has 0 heterocycles. The molecule has 0 saturated heterocycles. The lowest BCUT2D eigenvalue weighted by Crippen LogP contribution is -2.31. The van der Waals surface area contributed by atoms with Crippen molar-refractivity contribution in [2.75, 3.05) is 13.6 Å². The van der Waals surface area contributed by atoms with Gasteiger partial charge in [0.1, 0.15) is 0 Å². The van der Waals surface area contributed by atoms with Gasteiger partial charge in [-0.1, -0.05) is 30.3 Å². The Bertz CT molecular complexity index is 848. The van der Waals surface area contributed by atoms with E-state index >= 15 is 0 Å². The molecule has 0 radical (unpaired) electrons. The number of nitrogens with zero attached hydrogens (tertiary/aromatic N) is 1. The van der Waals surface area contributed by atoms with Crippen molar-refractivity contribution in [3.8, 4) is 0 Å². The van der Waals surface area contributed by atoms with Crippen LogP contribution in [0.25, 0.3) is 0 Å². The summed E-state index contributed by atoms with van der Waals surface area (Å²) in [5.41, 5.74) is 2.38. The highest BCUT2D eigenvalue weighted by atomic mass is 16.4. The van der Waals surface area contributed by atoms with Crippen molar-refractivity contribution < 1.29 is 19.5 Å². The normalized spacial score (nSPS) is 11.5. The minimum absolute atomic E-state index is 0.173. The highest BCUT2D eigenvalue weighted by Crippen LogP contribution is 2.21. The summed E-state index contributed by atoms with van der Waals surface area (Å²) in [5, 5.41) is 12.0. The number of aliphatic carboxylic acids is 1. The molecule has 2 aromatic rings. The number of carboxylic acid groups (broad SMARTS) is 1. The Labute approximate surface area is 158 Å². The number of amides is 2. The van der Waals surface area contributed by atoms with Gasteiger partial charge < -0.3 is 15.3 Å². The first-order valence-corrected chi connectivity index (χ1v) is 8.77. The highest BCUT2D eigenvalue weighted by molar-refractivity contribution is 5.99. The maximum atomic E-state index is 12.7. The average Bonchev–Trinajstić information content (AvgIpc) is 2.66. The molecule has 0 aliphatic heterocycles. The first-order valence-electron chi connectivity index (χ1n) is 8.77. The number of carbonyl (C=O) groups excluding carboxylic acids is 2. The molecule has 1 atom stereocenters. The van der Waals surface area contributed by atoms with Crippen LogP contribution in [-0.2, 0) is 4.79 Å². The number of benzene rings is 2. The summed E-state index contributed by atoms with van der Waals surface area (Å²) in [6.07, 6.45) is -0.228. The molecular formula is C21H24N2O4. The van der Waals surface area contributed by atoms with Crippen LogP contribution < -0.4 is 5.32 Å². The monoisotopic (exact) mass is 368 g/mol. The largest absolute Gasteiger partial charge is 0.481 e. The maximum absolute atomic E-state index is 12.7. The summed E-state index contributed by atoms with van der Waals surface area (Å²) >= 11 is 0. The van der Waals surface area contributed by atoms with E-state index in [1.807, 2.05) is 32.0 Å². The van der Waals surface area contributed by atoms with Gasteiger partial charge in [-0.15, -0.1) is 0 Å². The van der Waals surface area contributed by atoms with Crippen LogP contribution in [-0.4, -0.2) is 41.4 Å². The molecule has 0 fully saturated rings. The van der Waals surface area contributed by atoms with Gasteiger partial charge in [-0.3, -0.25) is 14.4 Å². The summed E-state index contributed by atoms with van der Waals surface area (Å²) in [7, 11) is 1.69. The van der Waals surface area contributed by atoms with E-state index in [9.17, 15) is 19.5 Å². The molecule has 0 bridgehead atoms. The van der Waals surface area contributed by atoms with Crippen molar-refractivity contribution in [1.82, 2.24) is 10.2 Å². The Kier molecular flexibility index (Phi) is 6.71. The number of carbonyl (C=O) groups is 3. The third kappa shape index (κ3) is 5.17. The molecule has 2 N–H and O–H groups in total. The first-order chi connectivity index (χ1) is 12.8. The molecule has 2 rings (SSSR count). The molecule has 0 spiro atoms. The second kappa shape index (κ2) is 8.98. The van der Waals surface area contributed by atoms with Crippen LogP contribution in [0.3, 0.4) is 0 Å². The van der Waals surface area contributed by atoms with Crippen molar-refractivity contribution in [2.24, 2.45) is 0 Å². The number of carboxylic acids is 1. The molecule has 0 aliphatic carbocycles. The van der Waals surface area contributed by atoms with Gasteiger partial charge >= 0.3 is 5.97 Å². The van der Waals surface area contributed by atoms with Crippen LogP contribution >= 0.6 is 0 Å². The van der Waals surface area contributed by atoms with Gasteiger partial charge in [-0.05, 0) is 43.2 Å². The van der Waals surface area contributed by atoms with E-state index < -0.39 is 17.9 Å². The quantitative estimate of drug-likeness (QED) is 0.786. The standard InChI is InChI=1S/C21H24N2O4/c1-4-23(3)21(27)16-10-7-9-15(12-16)20(26)22-18(13-19(24)25)17-11-6-5-8-14(17)2/h5-12,18H,4,13H2,1-3H3,(H,22,26)(H,24,25). The third-order valence-electron chi connectivity index (χ3n) is 4.44. The summed E-state index contributed by atoms with van der Waals surface area (Å²) in [6, 6.07) is 13.1. The predicted molar refractivity (Wildman–Crippen MR) is 103 cm³/mol. The van der Waals surface area contributed by atoms with Crippen LogP contribution in [0.15, 0.2) is 48.5 Å². The topological polar surface area (TPSA) is 86.7 Å². The molecule has 6 nitrogen and oxygen atoms in total. The number of rotatable bonds is 7. The van der Waals surface area contributed by atoms with Gasteiger partial charge in [0.05, 0.1) is 12.5 Å². The fourth-order valence-corrected chi connectivity index (χ4v) is 2.79. The Morgan fingerprint density at radius 3 is 2.37 bits per heavy atom. The molecule has 1 unspecified atom stereocenters. The van der Waals surface area contributed by atoms with E-state index in [4.69, 9.17) is 0 Å². The first kappa shape index (κ1) is 20.2. The zero-order valence-electron chi connectivity index (χ0n) is 15.7. The van der Waals surface area contributed by atoms with Crippen molar-refractivity contribution >= 4 is 17.8 Å². The second-order valence-corrected chi connectivity index (χ2v) is 6.38. The van der Waals surface area contributed by atoms with Crippen molar-refractivity contribution in [3.05, 3.63) is 70.8 Å². The van der Waals surface area contributed by atoms with E-state index in [1.54, 1.807) is 36.2 Å². The van der Waals surface area contributed by atoms with Crippen LogP contribution in [0.4, 0.5) is 0 Å². The zero-order valence-corrected chi connectivity index (χ0v) is 15.7. The van der Waals surface area contributed by atoms with Crippen molar-refractivity contribution in [3.63, 3.8) is 0 Å². The Balaban J connectivity index is 2.26. The highest BCUT2D eigenvalue weighted by Gasteiger charge is 2.21. The maximum Gasteiger partial charge on any atom is 0.305 e. The van der Waals surface area contributed by atoms with E-state index in [2.05, 4.69) is 5.32 Å². The van der Waals surface area contributed by atoms with Crippen LogP contribution in [0.2, 0.25) is 0 Å². The summed E-state index contributed by atoms with van der Waals surface area (Å²) in [4.78, 5) is 37.8. The lowest BCUT2D eigenvalue weighted by molar-refractivity contribution is -0.137. The minimum atomic E-state index is -1.00. The molecule has 27 heavy (non-hydrogen) atoms. The lowest BCUT2D eigenvalue weighted by Gasteiger charge is -2.20. The second-order valence-electron chi connectivity index (χ2n) is 6.38. The van der Waals surface area contributed by atoms with E-state index in [-0.39, 0.29) is 12.3 Å².